The molecule has 4 bridgehead atoms. The zero-order valence-corrected chi connectivity index (χ0v) is 27.8. The first-order valence-corrected chi connectivity index (χ1v) is 16.2. The second-order valence-corrected chi connectivity index (χ2v) is 13.1. The highest BCUT2D eigenvalue weighted by atomic mass is 19.4. The SMILES string of the molecule is Cc1cc2cc(c1F)C(CC(=O)O)NC(=O)C(n1cc(CCN3CC(F)(F)C3)c(C(F)(F)F)cc1=O)c1cc(ccc1F)COc1cccc(C)c1-2. The normalized spacial score (nSPS) is 18.8. The summed E-state index contributed by atoms with van der Waals surface area (Å²) in [6.45, 7) is 1.44. The van der Waals surface area contributed by atoms with Gasteiger partial charge in [-0.05, 0) is 78.4 Å². The van der Waals surface area contributed by atoms with E-state index in [0.29, 0.717) is 27.0 Å². The van der Waals surface area contributed by atoms with Gasteiger partial charge in [0, 0.05) is 35.5 Å². The summed E-state index contributed by atoms with van der Waals surface area (Å²) in [5.41, 5.74) is -1.89. The first-order valence-electron chi connectivity index (χ1n) is 16.2. The minimum absolute atomic E-state index is 0.0924. The molecule has 0 saturated carbocycles. The van der Waals surface area contributed by atoms with Crippen LogP contribution in [-0.4, -0.2) is 52.0 Å². The van der Waals surface area contributed by atoms with Gasteiger partial charge in [-0.1, -0.05) is 18.2 Å². The van der Waals surface area contributed by atoms with Gasteiger partial charge in [0.1, 0.15) is 30.0 Å². The number of aryl methyl sites for hydroxylation is 2. The standard InChI is InChI=1S/C37H32F7N3O5/c1-19-4-3-5-29-32(19)23-10-20(2)33(39)25(12-23)28(14-31(49)50)45-35(51)34(24-11-21(16-52-29)6-7-27(24)38)47-15-22(8-9-46-17-36(40,41)18-46)26(13-30(47)48)37(42,43)44/h3-7,10-13,15,28,34H,8-9,14,16-18H2,1-2H3,(H,45,51)(H,49,50). The van der Waals surface area contributed by atoms with Crippen molar-refractivity contribution in [3.05, 3.63) is 122 Å². The van der Waals surface area contributed by atoms with Gasteiger partial charge < -0.3 is 15.2 Å². The number of aromatic nitrogens is 1. The van der Waals surface area contributed by atoms with Crippen LogP contribution in [0.5, 0.6) is 5.75 Å². The summed E-state index contributed by atoms with van der Waals surface area (Å²) < 4.78 is 108. The molecule has 2 atom stereocenters. The van der Waals surface area contributed by atoms with Gasteiger partial charge in [0.15, 0.2) is 0 Å². The fourth-order valence-electron chi connectivity index (χ4n) is 6.76. The zero-order valence-electron chi connectivity index (χ0n) is 27.8. The van der Waals surface area contributed by atoms with Gasteiger partial charge in [-0.25, -0.2) is 17.6 Å². The molecule has 52 heavy (non-hydrogen) atoms. The number of rotatable bonds is 6. The molecule has 2 N–H and O–H groups in total. The molecule has 2 aliphatic heterocycles. The average Bonchev–Trinajstić information content (AvgIpc) is 3.04. The number of amides is 1. The van der Waals surface area contributed by atoms with E-state index in [1.807, 2.05) is 0 Å². The Morgan fingerprint density at radius 3 is 2.40 bits per heavy atom. The lowest BCUT2D eigenvalue weighted by atomic mass is 9.91. The van der Waals surface area contributed by atoms with E-state index in [9.17, 15) is 41.4 Å². The lowest BCUT2D eigenvalue weighted by Crippen LogP contribution is -2.56. The van der Waals surface area contributed by atoms with Crippen LogP contribution in [0.1, 0.15) is 57.4 Å². The van der Waals surface area contributed by atoms with Crippen molar-refractivity contribution in [2.24, 2.45) is 0 Å². The van der Waals surface area contributed by atoms with E-state index in [2.05, 4.69) is 5.32 Å². The maximum absolute atomic E-state index is 15.9. The molecule has 3 heterocycles. The Labute approximate surface area is 292 Å². The average molecular weight is 732 g/mol. The molecule has 274 valence electrons. The Morgan fingerprint density at radius 2 is 1.73 bits per heavy atom. The molecule has 2 aliphatic rings. The van der Waals surface area contributed by atoms with Crippen LogP contribution in [0.4, 0.5) is 30.7 Å². The third-order valence-corrected chi connectivity index (χ3v) is 9.23. The molecule has 0 radical (unpaired) electrons. The second kappa shape index (κ2) is 13.7. The summed E-state index contributed by atoms with van der Waals surface area (Å²) in [4.78, 5) is 41.1. The molecule has 0 aliphatic carbocycles. The maximum Gasteiger partial charge on any atom is 0.416 e. The van der Waals surface area contributed by atoms with E-state index in [4.69, 9.17) is 4.74 Å². The number of likely N-dealkylation sites (tertiary alicyclic amines) is 1. The number of ether oxygens (including phenoxy) is 1. The number of benzene rings is 3. The second-order valence-electron chi connectivity index (χ2n) is 13.1. The molecule has 15 heteroatoms. The van der Waals surface area contributed by atoms with E-state index in [1.54, 1.807) is 25.1 Å². The Kier molecular flexibility index (Phi) is 9.68. The van der Waals surface area contributed by atoms with Crippen LogP contribution in [0.2, 0.25) is 0 Å². The Balaban J connectivity index is 1.55. The molecule has 1 saturated heterocycles. The number of nitrogens with one attached hydrogen (secondary N) is 1. The van der Waals surface area contributed by atoms with Gasteiger partial charge in [-0.15, -0.1) is 0 Å². The van der Waals surface area contributed by atoms with E-state index in [0.717, 1.165) is 17.8 Å². The monoisotopic (exact) mass is 731 g/mol. The lowest BCUT2D eigenvalue weighted by molar-refractivity contribution is -0.139. The van der Waals surface area contributed by atoms with Crippen molar-refractivity contribution in [1.82, 2.24) is 14.8 Å². The fraction of sp³-hybridized carbons (Fsp3) is 0.324. The molecule has 1 aromatic heterocycles. The minimum atomic E-state index is -5.05. The number of hydrogen-bond donors (Lipinski definition) is 2. The number of nitrogens with zero attached hydrogens (tertiary/aromatic N) is 2. The number of fused-ring (bicyclic) bond motifs is 6. The molecular weight excluding hydrogens is 699 g/mol. The summed E-state index contributed by atoms with van der Waals surface area (Å²) in [5, 5.41) is 12.3. The first-order chi connectivity index (χ1) is 24.4. The molecule has 1 amide bonds. The van der Waals surface area contributed by atoms with E-state index >= 15 is 8.78 Å². The Bertz CT molecular complexity index is 2120. The van der Waals surface area contributed by atoms with Crippen LogP contribution in [0.25, 0.3) is 11.1 Å². The smallest absolute Gasteiger partial charge is 0.416 e. The van der Waals surface area contributed by atoms with Crippen LogP contribution in [0, 0.1) is 25.5 Å². The van der Waals surface area contributed by atoms with Gasteiger partial charge in [0.25, 0.3) is 11.5 Å². The molecule has 3 aromatic carbocycles. The summed E-state index contributed by atoms with van der Waals surface area (Å²) >= 11 is 0. The van der Waals surface area contributed by atoms with Crippen molar-refractivity contribution >= 4 is 11.9 Å². The number of carbonyl (C=O) groups is 2. The molecule has 4 aromatic rings. The summed E-state index contributed by atoms with van der Waals surface area (Å²) in [5.74, 6) is -7.22. The maximum atomic E-state index is 15.9. The van der Waals surface area contributed by atoms with Gasteiger partial charge in [0.2, 0.25) is 5.91 Å². The van der Waals surface area contributed by atoms with E-state index in [-0.39, 0.29) is 30.3 Å². The molecule has 1 fully saturated rings. The summed E-state index contributed by atoms with van der Waals surface area (Å²) in [7, 11) is 0. The highest BCUT2D eigenvalue weighted by Crippen LogP contribution is 2.39. The Morgan fingerprint density at radius 1 is 1.00 bits per heavy atom. The topological polar surface area (TPSA) is 101 Å². The van der Waals surface area contributed by atoms with Crippen LogP contribution in [-0.2, 0) is 28.8 Å². The van der Waals surface area contributed by atoms with Crippen LogP contribution in [0.15, 0.2) is 65.6 Å². The Hall–Kier alpha value is -5.18. The highest BCUT2D eigenvalue weighted by molar-refractivity contribution is 5.85. The molecule has 6 rings (SSSR count). The highest BCUT2D eigenvalue weighted by Gasteiger charge is 2.44. The number of hydrogen-bond acceptors (Lipinski definition) is 5. The van der Waals surface area contributed by atoms with Crippen molar-refractivity contribution in [2.75, 3.05) is 19.6 Å². The zero-order chi connectivity index (χ0) is 37.7. The quantitative estimate of drug-likeness (QED) is 0.213. The summed E-state index contributed by atoms with van der Waals surface area (Å²) in [6.07, 6.45) is -5.66. The van der Waals surface area contributed by atoms with Crippen LogP contribution in [0.3, 0.4) is 0 Å². The number of carboxylic acid groups (broad SMARTS) is 1. The lowest BCUT2D eigenvalue weighted by Gasteiger charge is -2.38. The largest absolute Gasteiger partial charge is 0.488 e. The van der Waals surface area contributed by atoms with Crippen molar-refractivity contribution in [1.29, 1.82) is 0 Å². The van der Waals surface area contributed by atoms with Crippen molar-refractivity contribution < 1.29 is 50.2 Å². The molecule has 0 spiro atoms. The number of halogens is 7. The van der Waals surface area contributed by atoms with Gasteiger partial charge in [-0.3, -0.25) is 23.9 Å². The fourth-order valence-corrected chi connectivity index (χ4v) is 6.76. The number of carbonyl (C=O) groups excluding carboxylic acids is 1. The third kappa shape index (κ3) is 7.40. The van der Waals surface area contributed by atoms with Gasteiger partial charge in [0.05, 0.1) is 31.1 Å². The van der Waals surface area contributed by atoms with Crippen LogP contribution < -0.4 is 15.6 Å². The van der Waals surface area contributed by atoms with E-state index in [1.165, 1.54) is 36.1 Å². The predicted octanol–water partition coefficient (Wildman–Crippen LogP) is 6.74. The number of carboxylic acids is 1. The van der Waals surface area contributed by atoms with Gasteiger partial charge in [-0.2, -0.15) is 13.2 Å². The van der Waals surface area contributed by atoms with Crippen LogP contribution >= 0.6 is 0 Å². The predicted molar refractivity (Wildman–Crippen MR) is 174 cm³/mol. The minimum Gasteiger partial charge on any atom is -0.488 e. The molecule has 2 unspecified atom stereocenters. The third-order valence-electron chi connectivity index (χ3n) is 9.23. The number of aliphatic carboxylic acids is 1. The molecule has 8 nitrogen and oxygen atoms in total. The number of pyridine rings is 1. The van der Waals surface area contributed by atoms with Crippen molar-refractivity contribution in [3.8, 4) is 16.9 Å². The summed E-state index contributed by atoms with van der Waals surface area (Å²) in [6, 6.07) is 8.18. The van der Waals surface area contributed by atoms with E-state index < -0.39 is 95.9 Å². The van der Waals surface area contributed by atoms with Crippen molar-refractivity contribution in [3.63, 3.8) is 0 Å². The number of alkyl halides is 5. The van der Waals surface area contributed by atoms with Gasteiger partial charge >= 0.3 is 12.1 Å². The van der Waals surface area contributed by atoms with Crippen molar-refractivity contribution in [2.45, 2.75) is 57.5 Å². The molecular formula is C37H32F7N3O5. The first kappa shape index (κ1) is 36.6.